The van der Waals surface area contributed by atoms with Crippen molar-refractivity contribution in [1.82, 2.24) is 0 Å². The number of hydrogen-bond donors (Lipinski definition) is 0. The third-order valence-electron chi connectivity index (χ3n) is 1.37. The van der Waals surface area contributed by atoms with Crippen molar-refractivity contribution in [2.75, 3.05) is 7.11 Å². The van der Waals surface area contributed by atoms with Crippen LogP contribution in [0.4, 0.5) is 0 Å². The zero-order valence-electron chi connectivity index (χ0n) is 10.6. The maximum atomic E-state index is 12.3. The summed E-state index contributed by atoms with van der Waals surface area (Å²) in [4.78, 5) is 11.2. The minimum absolute atomic E-state index is 0.0182. The molecule has 0 aliphatic carbocycles. The number of esters is 1. The highest BCUT2D eigenvalue weighted by atomic mass is 79.9. The fraction of sp³-hybridized carbons (Fsp3) is 0.700. The first kappa shape index (κ1) is 16.8. The molecule has 0 N–H and O–H groups in total. The normalized spacial score (nSPS) is 13.3. The summed E-state index contributed by atoms with van der Waals surface area (Å²) in [6.07, 6.45) is -0.567. The molecule has 0 amide bonds. The van der Waals surface area contributed by atoms with E-state index in [0.29, 0.717) is 0 Å². The monoisotopic (exact) mass is 328 g/mol. The Morgan fingerprint density at radius 3 is 1.88 bits per heavy atom. The Morgan fingerprint density at radius 2 is 1.59 bits per heavy atom. The number of carbonyl (C=O) groups is 1. The second-order valence-corrected chi connectivity index (χ2v) is 6.43. The van der Waals surface area contributed by atoms with Crippen molar-refractivity contribution in [3.05, 3.63) is 10.3 Å². The third kappa shape index (κ3) is 6.99. The van der Waals surface area contributed by atoms with Crippen molar-refractivity contribution in [3.8, 4) is 0 Å². The summed E-state index contributed by atoms with van der Waals surface area (Å²) in [7, 11) is -2.23. The molecule has 0 aliphatic heterocycles. The molecule has 17 heavy (non-hydrogen) atoms. The highest BCUT2D eigenvalue weighted by molar-refractivity contribution is 9.12. The fourth-order valence-corrected chi connectivity index (χ4v) is 3.61. The van der Waals surface area contributed by atoms with E-state index < -0.39 is 13.6 Å². The van der Waals surface area contributed by atoms with E-state index in [-0.39, 0.29) is 16.7 Å². The Bertz CT molecular complexity index is 324. The van der Waals surface area contributed by atoms with Gasteiger partial charge in [0.1, 0.15) is 4.48 Å². The third-order valence-corrected chi connectivity index (χ3v) is 4.28. The molecule has 7 heteroatoms. The van der Waals surface area contributed by atoms with Crippen molar-refractivity contribution in [1.29, 1.82) is 0 Å². The van der Waals surface area contributed by atoms with Crippen molar-refractivity contribution in [2.24, 2.45) is 0 Å². The van der Waals surface area contributed by atoms with Crippen LogP contribution >= 0.6 is 23.5 Å². The quantitative estimate of drug-likeness (QED) is 0.424. The van der Waals surface area contributed by atoms with Gasteiger partial charge >= 0.3 is 13.6 Å². The van der Waals surface area contributed by atoms with Crippen LogP contribution in [0.3, 0.4) is 0 Å². The van der Waals surface area contributed by atoms with Crippen molar-refractivity contribution in [3.63, 3.8) is 0 Å². The smallest absolute Gasteiger partial charge is 0.356 e. The molecule has 0 saturated carbocycles. The topological polar surface area (TPSA) is 61.8 Å². The average Bonchev–Trinajstić information content (AvgIpc) is 2.12. The van der Waals surface area contributed by atoms with Gasteiger partial charge in [0.2, 0.25) is 0 Å². The van der Waals surface area contributed by atoms with Gasteiger partial charge in [-0.3, -0.25) is 4.57 Å². The second-order valence-electron chi connectivity index (χ2n) is 3.82. The molecule has 0 aromatic heterocycles. The molecule has 0 spiro atoms. The van der Waals surface area contributed by atoms with E-state index in [2.05, 4.69) is 20.7 Å². The molecule has 5 nitrogen and oxygen atoms in total. The maximum Gasteiger partial charge on any atom is 0.356 e. The van der Waals surface area contributed by atoms with Crippen LogP contribution in [0.1, 0.15) is 27.7 Å². The molecule has 0 fully saturated rings. The van der Waals surface area contributed by atoms with E-state index in [0.717, 1.165) is 5.82 Å². The average molecular weight is 329 g/mol. The molecule has 0 rings (SSSR count). The van der Waals surface area contributed by atoms with E-state index in [1.54, 1.807) is 27.7 Å². The molecular formula is C10H18BrO5P. The lowest BCUT2D eigenvalue weighted by atomic mass is 10.5. The van der Waals surface area contributed by atoms with Crippen molar-refractivity contribution in [2.45, 2.75) is 39.9 Å². The van der Waals surface area contributed by atoms with Crippen LogP contribution < -0.4 is 0 Å². The van der Waals surface area contributed by atoms with Crippen LogP contribution in [0, 0.1) is 0 Å². The van der Waals surface area contributed by atoms with Gasteiger partial charge in [0.25, 0.3) is 0 Å². The Labute approximate surface area is 110 Å². The van der Waals surface area contributed by atoms with E-state index >= 15 is 0 Å². The number of methoxy groups -OCH3 is 1. The molecule has 0 saturated heterocycles. The van der Waals surface area contributed by atoms with Crippen LogP contribution in [0.25, 0.3) is 0 Å². The predicted molar refractivity (Wildman–Crippen MR) is 69.1 cm³/mol. The van der Waals surface area contributed by atoms with E-state index in [1.807, 2.05) is 0 Å². The van der Waals surface area contributed by atoms with Gasteiger partial charge in [-0.05, 0) is 43.6 Å². The molecule has 0 aromatic rings. The number of hydrogen-bond acceptors (Lipinski definition) is 5. The number of rotatable bonds is 6. The SMILES string of the molecule is COC(=O)/C(Br)=C/P(=O)(OC(C)C)OC(C)C. The maximum absolute atomic E-state index is 12.3. The first-order valence-corrected chi connectivity index (χ1v) is 7.54. The zero-order valence-corrected chi connectivity index (χ0v) is 13.1. The Hall–Kier alpha value is -0.160. The molecule has 0 unspecified atom stereocenters. The molecular weight excluding hydrogens is 311 g/mol. The lowest BCUT2D eigenvalue weighted by Crippen LogP contribution is -2.08. The van der Waals surface area contributed by atoms with Gasteiger partial charge in [0.15, 0.2) is 0 Å². The summed E-state index contributed by atoms with van der Waals surface area (Å²) in [5, 5.41) is 0. The fourth-order valence-electron chi connectivity index (χ4n) is 0.962. The van der Waals surface area contributed by atoms with Crippen molar-refractivity contribution < 1.29 is 23.1 Å². The molecule has 0 bridgehead atoms. The summed E-state index contributed by atoms with van der Waals surface area (Å²) >= 11 is 2.97. The molecule has 0 heterocycles. The lowest BCUT2D eigenvalue weighted by Gasteiger charge is -2.20. The van der Waals surface area contributed by atoms with E-state index in [4.69, 9.17) is 9.05 Å². The standard InChI is InChI=1S/C10H18BrO5P/c1-7(2)15-17(13,16-8(3)4)6-9(11)10(12)14-5/h6-8H,1-5H3/b9-6-. The number of ether oxygens (including phenoxy) is 1. The van der Waals surface area contributed by atoms with Gasteiger partial charge in [-0.25, -0.2) is 4.79 Å². The Morgan fingerprint density at radius 1 is 1.18 bits per heavy atom. The van der Waals surface area contributed by atoms with Crippen LogP contribution in [0.5, 0.6) is 0 Å². The molecule has 0 aliphatic rings. The number of carbonyl (C=O) groups excluding carboxylic acids is 1. The minimum Gasteiger partial charge on any atom is -0.465 e. The molecule has 0 atom stereocenters. The van der Waals surface area contributed by atoms with Gasteiger partial charge < -0.3 is 13.8 Å². The Kier molecular flexibility index (Phi) is 7.24. The summed E-state index contributed by atoms with van der Waals surface area (Å²) in [5.41, 5.74) is 0. The summed E-state index contributed by atoms with van der Waals surface area (Å²) in [6.45, 7) is 6.93. The van der Waals surface area contributed by atoms with Crippen LogP contribution in [-0.4, -0.2) is 25.3 Å². The highest BCUT2D eigenvalue weighted by Crippen LogP contribution is 2.53. The summed E-state index contributed by atoms with van der Waals surface area (Å²) in [6, 6.07) is 0. The summed E-state index contributed by atoms with van der Waals surface area (Å²) < 4.78 is 27.3. The lowest BCUT2D eigenvalue weighted by molar-refractivity contribution is -0.135. The zero-order chi connectivity index (χ0) is 13.6. The van der Waals surface area contributed by atoms with Gasteiger partial charge in [-0.1, -0.05) is 0 Å². The van der Waals surface area contributed by atoms with E-state index in [9.17, 15) is 9.36 Å². The Balaban J connectivity index is 5.05. The molecule has 100 valence electrons. The number of halogens is 1. The minimum atomic E-state index is -3.46. The molecule has 0 aromatic carbocycles. The molecule has 0 radical (unpaired) electrons. The van der Waals surface area contributed by atoms with Gasteiger partial charge in [-0.2, -0.15) is 0 Å². The van der Waals surface area contributed by atoms with Crippen LogP contribution in [-0.2, 0) is 23.1 Å². The first-order chi connectivity index (χ1) is 7.70. The first-order valence-electron chi connectivity index (χ1n) is 5.13. The van der Waals surface area contributed by atoms with Crippen LogP contribution in [0.15, 0.2) is 10.3 Å². The van der Waals surface area contributed by atoms with Crippen molar-refractivity contribution >= 4 is 29.5 Å². The predicted octanol–water partition coefficient (Wildman–Crippen LogP) is 3.44. The largest absolute Gasteiger partial charge is 0.465 e. The van der Waals surface area contributed by atoms with Gasteiger partial charge in [0, 0.05) is 5.82 Å². The highest BCUT2D eigenvalue weighted by Gasteiger charge is 2.27. The van der Waals surface area contributed by atoms with Gasteiger partial charge in [-0.15, -0.1) is 0 Å². The van der Waals surface area contributed by atoms with Gasteiger partial charge in [0.05, 0.1) is 19.3 Å². The van der Waals surface area contributed by atoms with Crippen LogP contribution in [0.2, 0.25) is 0 Å². The second kappa shape index (κ2) is 7.31. The van der Waals surface area contributed by atoms with E-state index in [1.165, 1.54) is 7.11 Å². The summed E-state index contributed by atoms with van der Waals surface area (Å²) in [5.74, 6) is 0.490.